The van der Waals surface area contributed by atoms with Gasteiger partial charge in [0.05, 0.1) is 13.2 Å². The molecule has 0 bridgehead atoms. The molecular formula is C25H34O3. The number of fused-ring (bicyclic) bond motifs is 1. The molecule has 0 radical (unpaired) electrons. The van der Waals surface area contributed by atoms with Crippen LogP contribution in [-0.4, -0.2) is 24.3 Å². The van der Waals surface area contributed by atoms with Gasteiger partial charge in [-0.25, -0.2) is 0 Å². The molecule has 1 N–H and O–H groups in total. The highest BCUT2D eigenvalue weighted by atomic mass is 16.5. The van der Waals surface area contributed by atoms with Gasteiger partial charge in [-0.1, -0.05) is 53.6 Å². The molecule has 2 aliphatic carbocycles. The van der Waals surface area contributed by atoms with Crippen molar-refractivity contribution in [2.75, 3.05) is 7.11 Å². The van der Waals surface area contributed by atoms with E-state index in [1.807, 2.05) is 0 Å². The Bertz CT molecular complexity index is 701. The van der Waals surface area contributed by atoms with Crippen molar-refractivity contribution in [2.45, 2.75) is 64.4 Å². The maximum atomic E-state index is 11.2. The molecule has 4 atom stereocenters. The van der Waals surface area contributed by atoms with E-state index in [-0.39, 0.29) is 18.0 Å². The normalized spacial score (nSPS) is 26.5. The van der Waals surface area contributed by atoms with E-state index >= 15 is 0 Å². The highest BCUT2D eigenvalue weighted by molar-refractivity contribution is 5.68. The fraction of sp³-hybridized carbons (Fsp3) is 0.560. The predicted octanol–water partition coefficient (Wildman–Crippen LogP) is 5.16. The molecule has 3 unspecified atom stereocenters. The number of allylic oxidation sites excluding steroid dienone is 3. The third kappa shape index (κ3) is 5.57. The quantitative estimate of drug-likeness (QED) is 0.364. The number of aliphatic hydroxyl groups is 1. The second kappa shape index (κ2) is 10.1. The molecule has 1 fully saturated rings. The first kappa shape index (κ1) is 20.9. The zero-order valence-corrected chi connectivity index (χ0v) is 17.3. The van der Waals surface area contributed by atoms with Crippen molar-refractivity contribution in [3.05, 3.63) is 59.2 Å². The van der Waals surface area contributed by atoms with E-state index in [1.165, 1.54) is 23.8 Å². The number of benzene rings is 1. The van der Waals surface area contributed by atoms with Crippen molar-refractivity contribution in [1.29, 1.82) is 0 Å². The van der Waals surface area contributed by atoms with Crippen molar-refractivity contribution in [3.8, 4) is 0 Å². The van der Waals surface area contributed by atoms with Gasteiger partial charge in [-0.2, -0.15) is 0 Å². The van der Waals surface area contributed by atoms with Crippen LogP contribution in [0.1, 0.15) is 56.1 Å². The Morgan fingerprint density at radius 2 is 2.00 bits per heavy atom. The van der Waals surface area contributed by atoms with Crippen LogP contribution in [0.2, 0.25) is 0 Å². The van der Waals surface area contributed by atoms with E-state index in [0.717, 1.165) is 44.9 Å². The molecule has 0 amide bonds. The lowest BCUT2D eigenvalue weighted by Crippen LogP contribution is -2.17. The molecule has 0 saturated heterocycles. The minimum Gasteiger partial charge on any atom is -0.469 e. The maximum Gasteiger partial charge on any atom is 0.305 e. The summed E-state index contributed by atoms with van der Waals surface area (Å²) in [5.41, 5.74) is 4.19. The predicted molar refractivity (Wildman–Crippen MR) is 113 cm³/mol. The third-order valence-corrected chi connectivity index (χ3v) is 6.39. The Morgan fingerprint density at radius 1 is 1.21 bits per heavy atom. The zero-order valence-electron chi connectivity index (χ0n) is 17.3. The SMILES string of the molecule is COC(=O)CCCCC1=CC2CC(O)[C@H](/C=C/CCc3ccc(C)cc3)C2C1. The van der Waals surface area contributed by atoms with Crippen molar-refractivity contribution in [3.63, 3.8) is 0 Å². The first-order valence-corrected chi connectivity index (χ1v) is 10.7. The van der Waals surface area contributed by atoms with Gasteiger partial charge < -0.3 is 9.84 Å². The number of hydrogen-bond donors (Lipinski definition) is 1. The summed E-state index contributed by atoms with van der Waals surface area (Å²) >= 11 is 0. The minimum atomic E-state index is -0.206. The van der Waals surface area contributed by atoms with Crippen molar-refractivity contribution < 1.29 is 14.6 Å². The number of methoxy groups -OCH3 is 1. The standard InChI is InChI=1S/C25H34O3/c1-18-11-13-19(14-12-18)7-3-5-9-22-23-16-20(15-21(23)17-24(22)26)8-4-6-10-25(27)28-2/h5,9,11-15,21-24,26H,3-4,6-8,10,16-17H2,1-2H3/b9-5+/t21?,22-,23?,24?/m1/s1. The number of aryl methyl sites for hydroxylation is 2. The van der Waals surface area contributed by atoms with E-state index in [2.05, 4.69) is 49.4 Å². The van der Waals surface area contributed by atoms with Gasteiger partial charge >= 0.3 is 5.97 Å². The van der Waals surface area contributed by atoms with Crippen LogP contribution >= 0.6 is 0 Å². The number of carbonyl (C=O) groups is 1. The fourth-order valence-corrected chi connectivity index (χ4v) is 4.77. The lowest BCUT2D eigenvalue weighted by Gasteiger charge is -2.18. The number of esters is 1. The lowest BCUT2D eigenvalue weighted by atomic mass is 9.88. The van der Waals surface area contributed by atoms with Crippen LogP contribution in [-0.2, 0) is 16.0 Å². The van der Waals surface area contributed by atoms with Gasteiger partial charge in [0.2, 0.25) is 0 Å². The molecule has 3 heteroatoms. The molecule has 3 rings (SSSR count). The summed E-state index contributed by atoms with van der Waals surface area (Å²) in [6.45, 7) is 2.12. The van der Waals surface area contributed by atoms with Crippen LogP contribution in [0.25, 0.3) is 0 Å². The highest BCUT2D eigenvalue weighted by Gasteiger charge is 2.42. The van der Waals surface area contributed by atoms with Crippen molar-refractivity contribution in [2.24, 2.45) is 17.8 Å². The molecule has 2 aliphatic rings. The van der Waals surface area contributed by atoms with Crippen LogP contribution in [0.4, 0.5) is 0 Å². The number of rotatable bonds is 9. The number of aliphatic hydroxyl groups excluding tert-OH is 1. The molecule has 28 heavy (non-hydrogen) atoms. The molecule has 0 spiro atoms. The summed E-state index contributed by atoms with van der Waals surface area (Å²) in [6, 6.07) is 8.75. The van der Waals surface area contributed by atoms with Crippen LogP contribution < -0.4 is 0 Å². The average molecular weight is 383 g/mol. The summed E-state index contributed by atoms with van der Waals surface area (Å²) in [6.07, 6.45) is 14.3. The molecule has 0 heterocycles. The highest BCUT2D eigenvalue weighted by Crippen LogP contribution is 2.48. The first-order valence-electron chi connectivity index (χ1n) is 10.7. The van der Waals surface area contributed by atoms with E-state index < -0.39 is 0 Å². The molecule has 152 valence electrons. The Morgan fingerprint density at radius 3 is 2.75 bits per heavy atom. The average Bonchev–Trinajstić information content (AvgIpc) is 3.20. The Kier molecular flexibility index (Phi) is 7.50. The van der Waals surface area contributed by atoms with E-state index in [0.29, 0.717) is 18.3 Å². The van der Waals surface area contributed by atoms with Gasteiger partial charge in [0.15, 0.2) is 0 Å². The van der Waals surface area contributed by atoms with E-state index in [9.17, 15) is 9.90 Å². The Hall–Kier alpha value is -1.87. The van der Waals surface area contributed by atoms with Gasteiger partial charge in [0.1, 0.15) is 0 Å². The van der Waals surface area contributed by atoms with Crippen LogP contribution in [0.3, 0.4) is 0 Å². The number of carbonyl (C=O) groups excluding carboxylic acids is 1. The van der Waals surface area contributed by atoms with Gasteiger partial charge in [-0.05, 0) is 69.3 Å². The molecule has 0 aliphatic heterocycles. The van der Waals surface area contributed by atoms with Crippen molar-refractivity contribution >= 4 is 5.97 Å². The van der Waals surface area contributed by atoms with Gasteiger partial charge in [-0.15, -0.1) is 0 Å². The summed E-state index contributed by atoms with van der Waals surface area (Å²) < 4.78 is 4.70. The second-order valence-electron chi connectivity index (χ2n) is 8.47. The lowest BCUT2D eigenvalue weighted by molar-refractivity contribution is -0.140. The molecule has 0 aromatic heterocycles. The number of ether oxygens (including phenoxy) is 1. The summed E-state index contributed by atoms with van der Waals surface area (Å²) in [4.78, 5) is 11.2. The minimum absolute atomic E-state index is 0.115. The third-order valence-electron chi connectivity index (χ3n) is 6.39. The van der Waals surface area contributed by atoms with Gasteiger partial charge in [-0.3, -0.25) is 4.79 Å². The zero-order chi connectivity index (χ0) is 19.9. The number of unbranched alkanes of at least 4 members (excludes halogenated alkanes) is 1. The summed E-state index contributed by atoms with van der Waals surface area (Å²) in [5, 5.41) is 10.5. The maximum absolute atomic E-state index is 11.2. The van der Waals surface area contributed by atoms with Crippen molar-refractivity contribution in [1.82, 2.24) is 0 Å². The van der Waals surface area contributed by atoms with Gasteiger partial charge in [0.25, 0.3) is 0 Å². The Balaban J connectivity index is 1.43. The fourth-order valence-electron chi connectivity index (χ4n) is 4.77. The van der Waals surface area contributed by atoms with E-state index in [1.54, 1.807) is 0 Å². The first-order chi connectivity index (χ1) is 13.6. The van der Waals surface area contributed by atoms with Crippen LogP contribution in [0.15, 0.2) is 48.1 Å². The van der Waals surface area contributed by atoms with Gasteiger partial charge in [0, 0.05) is 12.3 Å². The molecule has 1 aromatic carbocycles. The monoisotopic (exact) mass is 382 g/mol. The molecule has 1 saturated carbocycles. The molecule has 1 aromatic rings. The second-order valence-corrected chi connectivity index (χ2v) is 8.47. The Labute approximate surface area is 169 Å². The molecule has 3 nitrogen and oxygen atoms in total. The smallest absolute Gasteiger partial charge is 0.305 e. The summed E-state index contributed by atoms with van der Waals surface area (Å²) in [5.74, 6) is 1.25. The van der Waals surface area contributed by atoms with Crippen LogP contribution in [0, 0.1) is 24.7 Å². The largest absolute Gasteiger partial charge is 0.469 e. The van der Waals surface area contributed by atoms with E-state index in [4.69, 9.17) is 4.74 Å². The number of hydrogen-bond acceptors (Lipinski definition) is 3. The topological polar surface area (TPSA) is 46.5 Å². The summed E-state index contributed by atoms with van der Waals surface area (Å²) in [7, 11) is 1.45. The molecular weight excluding hydrogens is 348 g/mol. The van der Waals surface area contributed by atoms with Crippen LogP contribution in [0.5, 0.6) is 0 Å².